The fourth-order valence-electron chi connectivity index (χ4n) is 3.30. The van der Waals surface area contributed by atoms with Gasteiger partial charge in [0.05, 0.1) is 21.3 Å². The van der Waals surface area contributed by atoms with Crippen molar-refractivity contribution in [1.29, 1.82) is 0 Å². The summed E-state index contributed by atoms with van der Waals surface area (Å²) in [4.78, 5) is 28.2. The molecule has 0 aliphatic carbocycles. The molecule has 0 N–H and O–H groups in total. The number of carbonyl (C=O) groups is 2. The molecule has 0 unspecified atom stereocenters. The average molecular weight is 429 g/mol. The van der Waals surface area contributed by atoms with Crippen molar-refractivity contribution in [2.75, 3.05) is 42.0 Å². The topological polar surface area (TPSA) is 68.3 Å². The van der Waals surface area contributed by atoms with Gasteiger partial charge in [-0.3, -0.25) is 9.59 Å². The van der Waals surface area contributed by atoms with Gasteiger partial charge in [0.25, 0.3) is 5.91 Å². The molecular weight excluding hydrogens is 396 g/mol. The molecule has 0 spiro atoms. The molecule has 0 bridgehead atoms. The second-order valence-corrected chi connectivity index (χ2v) is 7.34. The van der Waals surface area contributed by atoms with Gasteiger partial charge in [-0.25, -0.2) is 0 Å². The summed E-state index contributed by atoms with van der Waals surface area (Å²) in [5, 5.41) is 0. The summed E-state index contributed by atoms with van der Waals surface area (Å²) in [5.74, 6) is 1.70. The Morgan fingerprint density at radius 3 is 1.90 bits per heavy atom. The lowest BCUT2D eigenvalue weighted by molar-refractivity contribution is -0.131. The lowest BCUT2D eigenvalue weighted by atomic mass is 10.1. The Hall–Kier alpha value is -3.22. The number of rotatable bonds is 10. The maximum absolute atomic E-state index is 12.8. The van der Waals surface area contributed by atoms with Gasteiger partial charge in [0.1, 0.15) is 0 Å². The normalized spacial score (nSPS) is 10.4. The lowest BCUT2D eigenvalue weighted by Crippen LogP contribution is -2.30. The predicted molar refractivity (Wildman–Crippen MR) is 120 cm³/mol. The zero-order valence-corrected chi connectivity index (χ0v) is 19.2. The minimum absolute atomic E-state index is 0.0414. The molecule has 0 saturated carbocycles. The Kier molecular flexibility index (Phi) is 8.73. The molecule has 2 aromatic rings. The van der Waals surface area contributed by atoms with Gasteiger partial charge in [-0.2, -0.15) is 0 Å². The van der Waals surface area contributed by atoms with Crippen LogP contribution in [0.1, 0.15) is 34.8 Å². The number of hydrogen-bond donors (Lipinski definition) is 0. The van der Waals surface area contributed by atoms with E-state index in [2.05, 4.69) is 0 Å². The van der Waals surface area contributed by atoms with E-state index in [0.29, 0.717) is 48.7 Å². The van der Waals surface area contributed by atoms with Crippen LogP contribution in [0.15, 0.2) is 36.4 Å². The number of aryl methyl sites for hydroxylation is 1. The van der Waals surface area contributed by atoms with E-state index in [1.807, 2.05) is 31.2 Å². The van der Waals surface area contributed by atoms with Crippen molar-refractivity contribution in [3.05, 3.63) is 53.1 Å². The number of methoxy groups -OCH3 is 3. The number of benzene rings is 2. The van der Waals surface area contributed by atoms with Gasteiger partial charge in [0, 0.05) is 39.2 Å². The largest absolute Gasteiger partial charge is 0.493 e. The second-order valence-electron chi connectivity index (χ2n) is 7.34. The number of nitrogens with zero attached hydrogens (tertiary/aromatic N) is 2. The van der Waals surface area contributed by atoms with Gasteiger partial charge < -0.3 is 24.0 Å². The molecule has 31 heavy (non-hydrogen) atoms. The molecule has 2 aromatic carbocycles. The minimum Gasteiger partial charge on any atom is -0.493 e. The van der Waals surface area contributed by atoms with Crippen molar-refractivity contribution < 1.29 is 23.8 Å². The third kappa shape index (κ3) is 6.13. The lowest BCUT2D eigenvalue weighted by Gasteiger charge is -2.21. The van der Waals surface area contributed by atoms with E-state index in [0.717, 1.165) is 11.1 Å². The molecular formula is C24H32N2O5. The highest BCUT2D eigenvalue weighted by Gasteiger charge is 2.16. The molecule has 7 heteroatoms. The predicted octanol–water partition coefficient (Wildman–Crippen LogP) is 3.40. The van der Waals surface area contributed by atoms with Gasteiger partial charge in [-0.05, 0) is 48.7 Å². The van der Waals surface area contributed by atoms with Crippen LogP contribution in [0.5, 0.6) is 17.2 Å². The number of ether oxygens (including phenoxy) is 3. The molecule has 0 radical (unpaired) electrons. The third-order valence-corrected chi connectivity index (χ3v) is 5.07. The highest BCUT2D eigenvalue weighted by Crippen LogP contribution is 2.38. The first-order chi connectivity index (χ1) is 14.8. The zero-order valence-electron chi connectivity index (χ0n) is 19.2. The van der Waals surface area contributed by atoms with Crippen LogP contribution in [-0.4, -0.2) is 63.6 Å². The van der Waals surface area contributed by atoms with E-state index >= 15 is 0 Å². The maximum atomic E-state index is 12.8. The molecule has 0 fully saturated rings. The minimum atomic E-state index is -0.0414. The van der Waals surface area contributed by atoms with Crippen LogP contribution < -0.4 is 14.2 Å². The Labute approximate surface area is 184 Å². The van der Waals surface area contributed by atoms with Crippen molar-refractivity contribution in [2.24, 2.45) is 0 Å². The van der Waals surface area contributed by atoms with Crippen LogP contribution in [0.4, 0.5) is 0 Å². The van der Waals surface area contributed by atoms with Crippen LogP contribution in [0.25, 0.3) is 0 Å². The quantitative estimate of drug-likeness (QED) is 0.580. The number of amides is 2. The fourth-order valence-corrected chi connectivity index (χ4v) is 3.30. The molecule has 0 aromatic heterocycles. The van der Waals surface area contributed by atoms with Gasteiger partial charge >= 0.3 is 0 Å². The first-order valence-electron chi connectivity index (χ1n) is 10.2. The van der Waals surface area contributed by atoms with Crippen molar-refractivity contribution >= 4 is 11.8 Å². The van der Waals surface area contributed by atoms with Gasteiger partial charge in [0.2, 0.25) is 11.7 Å². The standard InChI is InChI=1S/C24H32N2O5/c1-7-26(16-17-8-11-19(12-9-17)24(28)25(2)3)22(27)13-10-18-14-20(29-4)23(31-6)21(15-18)30-5/h8-9,11-12,14-15H,7,10,13,16H2,1-6H3. The summed E-state index contributed by atoms with van der Waals surface area (Å²) in [6, 6.07) is 11.1. The van der Waals surface area contributed by atoms with E-state index < -0.39 is 0 Å². The SMILES string of the molecule is CCN(Cc1ccc(C(=O)N(C)C)cc1)C(=O)CCc1cc(OC)c(OC)c(OC)c1. The Morgan fingerprint density at radius 2 is 1.45 bits per heavy atom. The van der Waals surface area contributed by atoms with Crippen LogP contribution in [-0.2, 0) is 17.8 Å². The highest BCUT2D eigenvalue weighted by atomic mass is 16.5. The summed E-state index contributed by atoms with van der Waals surface area (Å²) < 4.78 is 16.1. The summed E-state index contributed by atoms with van der Waals surface area (Å²) in [5.41, 5.74) is 2.55. The van der Waals surface area contributed by atoms with E-state index in [1.165, 1.54) is 0 Å². The number of hydrogen-bond acceptors (Lipinski definition) is 5. The molecule has 0 atom stereocenters. The van der Waals surface area contributed by atoms with Crippen LogP contribution in [0.2, 0.25) is 0 Å². The Balaban J connectivity index is 2.04. The van der Waals surface area contributed by atoms with E-state index in [9.17, 15) is 9.59 Å². The molecule has 2 rings (SSSR count). The van der Waals surface area contributed by atoms with E-state index in [4.69, 9.17) is 14.2 Å². The molecule has 0 heterocycles. The van der Waals surface area contributed by atoms with Crippen molar-refractivity contribution in [3.63, 3.8) is 0 Å². The smallest absolute Gasteiger partial charge is 0.253 e. The van der Waals surface area contributed by atoms with E-state index in [-0.39, 0.29) is 11.8 Å². The average Bonchev–Trinajstić information content (AvgIpc) is 2.79. The third-order valence-electron chi connectivity index (χ3n) is 5.07. The van der Waals surface area contributed by atoms with Crippen molar-refractivity contribution in [1.82, 2.24) is 9.80 Å². The van der Waals surface area contributed by atoms with E-state index in [1.54, 1.807) is 57.4 Å². The molecule has 0 aliphatic heterocycles. The van der Waals surface area contributed by atoms with Gasteiger partial charge in [0.15, 0.2) is 11.5 Å². The monoisotopic (exact) mass is 428 g/mol. The highest BCUT2D eigenvalue weighted by molar-refractivity contribution is 5.93. The Bertz CT molecular complexity index is 868. The summed E-state index contributed by atoms with van der Waals surface area (Å²) in [6.07, 6.45) is 0.923. The van der Waals surface area contributed by atoms with Crippen molar-refractivity contribution in [3.8, 4) is 17.2 Å². The van der Waals surface area contributed by atoms with Gasteiger partial charge in [-0.1, -0.05) is 12.1 Å². The first kappa shape index (κ1) is 24.1. The maximum Gasteiger partial charge on any atom is 0.253 e. The summed E-state index contributed by atoms with van der Waals surface area (Å²) >= 11 is 0. The first-order valence-corrected chi connectivity index (χ1v) is 10.2. The molecule has 0 saturated heterocycles. The fraction of sp³-hybridized carbons (Fsp3) is 0.417. The molecule has 2 amide bonds. The summed E-state index contributed by atoms with van der Waals surface area (Å²) in [6.45, 7) is 3.06. The van der Waals surface area contributed by atoms with Crippen LogP contribution >= 0.6 is 0 Å². The summed E-state index contributed by atoms with van der Waals surface area (Å²) in [7, 11) is 8.15. The van der Waals surface area contributed by atoms with Crippen LogP contribution in [0.3, 0.4) is 0 Å². The molecule has 7 nitrogen and oxygen atoms in total. The molecule has 168 valence electrons. The molecule has 0 aliphatic rings. The zero-order chi connectivity index (χ0) is 23.0. The Morgan fingerprint density at radius 1 is 0.871 bits per heavy atom. The van der Waals surface area contributed by atoms with Crippen molar-refractivity contribution in [2.45, 2.75) is 26.3 Å². The number of carbonyl (C=O) groups excluding carboxylic acids is 2. The van der Waals surface area contributed by atoms with Crippen LogP contribution in [0, 0.1) is 0 Å². The second kappa shape index (κ2) is 11.2. The van der Waals surface area contributed by atoms with Gasteiger partial charge in [-0.15, -0.1) is 0 Å².